The summed E-state index contributed by atoms with van der Waals surface area (Å²) in [4.78, 5) is 0. The fourth-order valence-electron chi connectivity index (χ4n) is 1.82. The molecule has 1 atom stereocenters. The lowest BCUT2D eigenvalue weighted by atomic mass is 10.0. The van der Waals surface area contributed by atoms with Crippen molar-refractivity contribution in [2.75, 3.05) is 6.54 Å². The average molecular weight is 249 g/mol. The maximum atomic E-state index is 5.95. The highest BCUT2D eigenvalue weighted by Gasteiger charge is 2.15. The molecule has 1 N–H and O–H groups in total. The van der Waals surface area contributed by atoms with Crippen LogP contribution in [0.25, 0.3) is 0 Å². The van der Waals surface area contributed by atoms with Gasteiger partial charge in [-0.25, -0.2) is 0 Å². The first-order valence-corrected chi connectivity index (χ1v) is 6.82. The summed E-state index contributed by atoms with van der Waals surface area (Å²) in [5.41, 5.74) is 2.68. The van der Waals surface area contributed by atoms with Crippen LogP contribution in [0, 0.1) is 13.8 Å². The third-order valence-electron chi connectivity index (χ3n) is 3.28. The molecule has 0 bridgehead atoms. The molecule has 0 aromatic heterocycles. The van der Waals surface area contributed by atoms with Crippen LogP contribution in [0.2, 0.25) is 0 Å². The molecule has 0 aliphatic rings. The van der Waals surface area contributed by atoms with Gasteiger partial charge in [0.05, 0.1) is 0 Å². The molecule has 0 aliphatic carbocycles. The molecule has 0 radical (unpaired) electrons. The number of hydrogen-bond acceptors (Lipinski definition) is 2. The van der Waals surface area contributed by atoms with Crippen molar-refractivity contribution >= 4 is 0 Å². The molecule has 0 fully saturated rings. The van der Waals surface area contributed by atoms with Gasteiger partial charge in [0, 0.05) is 12.1 Å². The van der Waals surface area contributed by atoms with Gasteiger partial charge in [-0.05, 0) is 64.3 Å². The van der Waals surface area contributed by atoms with E-state index in [9.17, 15) is 0 Å². The maximum Gasteiger partial charge on any atom is 0.120 e. The molecule has 0 aliphatic heterocycles. The van der Waals surface area contributed by atoms with Crippen LogP contribution in [0.5, 0.6) is 5.75 Å². The van der Waals surface area contributed by atoms with E-state index in [4.69, 9.17) is 4.74 Å². The highest BCUT2D eigenvalue weighted by molar-refractivity contribution is 5.33. The monoisotopic (exact) mass is 249 g/mol. The molecule has 0 spiro atoms. The number of aryl methyl sites for hydroxylation is 2. The molecular weight excluding hydrogens is 222 g/mol. The zero-order valence-corrected chi connectivity index (χ0v) is 12.6. The van der Waals surface area contributed by atoms with Gasteiger partial charge in [0.2, 0.25) is 0 Å². The van der Waals surface area contributed by atoms with Crippen molar-refractivity contribution in [3.8, 4) is 5.75 Å². The molecule has 1 aromatic rings. The molecule has 0 amide bonds. The van der Waals surface area contributed by atoms with Crippen molar-refractivity contribution in [1.82, 2.24) is 5.32 Å². The minimum Gasteiger partial charge on any atom is -0.489 e. The van der Waals surface area contributed by atoms with Gasteiger partial charge >= 0.3 is 0 Å². The summed E-state index contributed by atoms with van der Waals surface area (Å²) < 4.78 is 5.95. The number of rotatable bonds is 6. The Labute approximate surface area is 112 Å². The molecule has 2 heteroatoms. The van der Waals surface area contributed by atoms with E-state index in [2.05, 4.69) is 65.1 Å². The second-order valence-corrected chi connectivity index (χ2v) is 5.87. The van der Waals surface area contributed by atoms with Crippen molar-refractivity contribution in [3.05, 3.63) is 29.3 Å². The Morgan fingerprint density at radius 2 is 1.72 bits per heavy atom. The number of benzene rings is 1. The Hall–Kier alpha value is -1.02. The normalized spacial score (nSPS) is 13.4. The largest absolute Gasteiger partial charge is 0.489 e. The minimum absolute atomic E-state index is 0.178. The quantitative estimate of drug-likeness (QED) is 0.827. The Balaban J connectivity index is 2.51. The van der Waals surface area contributed by atoms with E-state index in [0.29, 0.717) is 0 Å². The smallest absolute Gasteiger partial charge is 0.120 e. The summed E-state index contributed by atoms with van der Waals surface area (Å²) in [6, 6.07) is 6.35. The molecule has 1 rings (SSSR count). The lowest BCUT2D eigenvalue weighted by Crippen LogP contribution is -2.43. The fourth-order valence-corrected chi connectivity index (χ4v) is 1.82. The van der Waals surface area contributed by atoms with Crippen molar-refractivity contribution in [3.63, 3.8) is 0 Å². The van der Waals surface area contributed by atoms with Gasteiger partial charge in [-0.15, -0.1) is 0 Å². The van der Waals surface area contributed by atoms with Crippen LogP contribution in [-0.2, 0) is 0 Å². The second-order valence-electron chi connectivity index (χ2n) is 5.87. The van der Waals surface area contributed by atoms with Crippen molar-refractivity contribution in [2.45, 2.75) is 59.6 Å². The standard InChI is InChI=1S/C16H27NO/c1-7-16(5,6)17-11-14(4)18-15-9-12(2)8-13(3)10-15/h8-10,14,17H,7,11H2,1-6H3. The molecule has 0 heterocycles. The van der Waals surface area contributed by atoms with E-state index >= 15 is 0 Å². The van der Waals surface area contributed by atoms with Crippen LogP contribution in [0.3, 0.4) is 0 Å². The van der Waals surface area contributed by atoms with E-state index in [1.54, 1.807) is 0 Å². The Bertz CT molecular complexity index is 364. The fraction of sp³-hybridized carbons (Fsp3) is 0.625. The average Bonchev–Trinajstić information content (AvgIpc) is 2.25. The number of ether oxygens (including phenoxy) is 1. The lowest BCUT2D eigenvalue weighted by molar-refractivity contribution is 0.198. The first-order chi connectivity index (χ1) is 8.32. The topological polar surface area (TPSA) is 21.3 Å². The lowest BCUT2D eigenvalue weighted by Gasteiger charge is -2.27. The van der Waals surface area contributed by atoms with Gasteiger partial charge in [-0.1, -0.05) is 13.0 Å². The van der Waals surface area contributed by atoms with Crippen molar-refractivity contribution in [2.24, 2.45) is 0 Å². The zero-order chi connectivity index (χ0) is 13.8. The third-order valence-corrected chi connectivity index (χ3v) is 3.28. The molecule has 102 valence electrons. The molecule has 2 nitrogen and oxygen atoms in total. The maximum absolute atomic E-state index is 5.95. The summed E-state index contributed by atoms with van der Waals surface area (Å²) in [5, 5.41) is 3.53. The molecule has 0 saturated carbocycles. The minimum atomic E-state index is 0.178. The van der Waals surface area contributed by atoms with Gasteiger partial charge in [0.25, 0.3) is 0 Å². The SMILES string of the molecule is CCC(C)(C)NCC(C)Oc1cc(C)cc(C)c1. The summed E-state index contributed by atoms with van der Waals surface area (Å²) in [6.45, 7) is 13.8. The Morgan fingerprint density at radius 1 is 1.17 bits per heavy atom. The highest BCUT2D eigenvalue weighted by Crippen LogP contribution is 2.17. The molecular formula is C16H27NO. The molecule has 0 saturated heterocycles. The van der Waals surface area contributed by atoms with Gasteiger partial charge in [-0.3, -0.25) is 0 Å². The van der Waals surface area contributed by atoms with E-state index in [1.807, 2.05) is 0 Å². The molecule has 1 aromatic carbocycles. The van der Waals surface area contributed by atoms with Crippen LogP contribution in [0.4, 0.5) is 0 Å². The summed E-state index contributed by atoms with van der Waals surface area (Å²) >= 11 is 0. The predicted octanol–water partition coefficient (Wildman–Crippen LogP) is 3.85. The molecule has 1 unspecified atom stereocenters. The molecule has 18 heavy (non-hydrogen) atoms. The summed E-state index contributed by atoms with van der Waals surface area (Å²) in [5.74, 6) is 0.969. The van der Waals surface area contributed by atoms with Gasteiger partial charge in [0.15, 0.2) is 0 Å². The van der Waals surface area contributed by atoms with Crippen molar-refractivity contribution in [1.29, 1.82) is 0 Å². The van der Waals surface area contributed by atoms with E-state index < -0.39 is 0 Å². The van der Waals surface area contributed by atoms with E-state index in [-0.39, 0.29) is 11.6 Å². The van der Waals surface area contributed by atoms with Crippen LogP contribution in [0.1, 0.15) is 45.2 Å². The second kappa shape index (κ2) is 6.24. The Kier molecular flexibility index (Phi) is 5.21. The van der Waals surface area contributed by atoms with Gasteiger partial charge < -0.3 is 10.1 Å². The van der Waals surface area contributed by atoms with Crippen LogP contribution >= 0.6 is 0 Å². The summed E-state index contributed by atoms with van der Waals surface area (Å²) in [6.07, 6.45) is 1.29. The van der Waals surface area contributed by atoms with E-state index in [1.165, 1.54) is 11.1 Å². The first-order valence-electron chi connectivity index (χ1n) is 6.82. The first kappa shape index (κ1) is 15.0. The van der Waals surface area contributed by atoms with Crippen LogP contribution in [0.15, 0.2) is 18.2 Å². The highest BCUT2D eigenvalue weighted by atomic mass is 16.5. The number of nitrogens with one attached hydrogen (secondary N) is 1. The third kappa shape index (κ3) is 5.09. The van der Waals surface area contributed by atoms with Crippen LogP contribution < -0.4 is 10.1 Å². The number of hydrogen-bond donors (Lipinski definition) is 1. The van der Waals surface area contributed by atoms with E-state index in [0.717, 1.165) is 18.7 Å². The zero-order valence-electron chi connectivity index (χ0n) is 12.6. The van der Waals surface area contributed by atoms with Gasteiger partial charge in [0.1, 0.15) is 11.9 Å². The Morgan fingerprint density at radius 3 is 2.22 bits per heavy atom. The summed E-state index contributed by atoms with van der Waals surface area (Å²) in [7, 11) is 0. The van der Waals surface area contributed by atoms with Crippen LogP contribution in [-0.4, -0.2) is 18.2 Å². The van der Waals surface area contributed by atoms with Crippen molar-refractivity contribution < 1.29 is 4.74 Å². The van der Waals surface area contributed by atoms with Gasteiger partial charge in [-0.2, -0.15) is 0 Å². The predicted molar refractivity (Wildman–Crippen MR) is 78.4 cm³/mol.